The van der Waals surface area contributed by atoms with Crippen molar-refractivity contribution in [2.24, 2.45) is 0 Å². The van der Waals surface area contributed by atoms with Crippen molar-refractivity contribution in [2.45, 2.75) is 25.8 Å². The van der Waals surface area contributed by atoms with Crippen LogP contribution in [0.15, 0.2) is 42.5 Å². The lowest BCUT2D eigenvalue weighted by molar-refractivity contribution is -0.118. The Morgan fingerprint density at radius 2 is 1.96 bits per heavy atom. The van der Waals surface area contributed by atoms with E-state index in [0.29, 0.717) is 6.54 Å². The van der Waals surface area contributed by atoms with Crippen molar-refractivity contribution in [1.82, 2.24) is 21.1 Å². The molecule has 0 spiro atoms. The van der Waals surface area contributed by atoms with E-state index in [-0.39, 0.29) is 24.0 Å². The number of imide groups is 1. The van der Waals surface area contributed by atoms with Crippen LogP contribution in [0.25, 0.3) is 0 Å². The van der Waals surface area contributed by atoms with Gasteiger partial charge in [-0.05, 0) is 25.8 Å². The zero-order valence-electron chi connectivity index (χ0n) is 13.6. The lowest BCUT2D eigenvalue weighted by Crippen LogP contribution is -2.46. The molecule has 6 heteroatoms. The molecule has 124 valence electrons. The summed E-state index contributed by atoms with van der Waals surface area (Å²) in [5.74, 6) is -0.239. The summed E-state index contributed by atoms with van der Waals surface area (Å²) in [6, 6.07) is 9.94. The van der Waals surface area contributed by atoms with Crippen molar-refractivity contribution in [3.8, 4) is 0 Å². The largest absolute Gasteiger partial charge is 0.324 e. The molecule has 2 rings (SSSR count). The van der Waals surface area contributed by atoms with E-state index < -0.39 is 0 Å². The van der Waals surface area contributed by atoms with E-state index in [1.807, 2.05) is 30.4 Å². The predicted octanol–water partition coefficient (Wildman–Crippen LogP) is 1.51. The normalized spacial score (nSPS) is 15.5. The van der Waals surface area contributed by atoms with E-state index in [9.17, 15) is 9.59 Å². The first-order valence-corrected chi connectivity index (χ1v) is 7.78. The van der Waals surface area contributed by atoms with Gasteiger partial charge in [-0.1, -0.05) is 42.5 Å². The van der Waals surface area contributed by atoms with Crippen molar-refractivity contribution in [3.05, 3.63) is 48.0 Å². The summed E-state index contributed by atoms with van der Waals surface area (Å²) < 4.78 is 0. The quantitative estimate of drug-likeness (QED) is 0.294. The average Bonchev–Trinajstić information content (AvgIpc) is 2.85. The van der Waals surface area contributed by atoms with Crippen molar-refractivity contribution in [2.75, 3.05) is 19.6 Å². The number of hydrogen-bond donors (Lipinski definition) is 3. The summed E-state index contributed by atoms with van der Waals surface area (Å²) >= 11 is 0. The second-order valence-corrected chi connectivity index (χ2v) is 6.04. The van der Waals surface area contributed by atoms with Gasteiger partial charge in [0.25, 0.3) is 0 Å². The minimum atomic E-state index is -0.316. The van der Waals surface area contributed by atoms with Crippen LogP contribution in [0.3, 0.4) is 0 Å². The first kappa shape index (κ1) is 17.2. The number of carbonyl (C=O) groups excluding carboxylic acids is 2. The Hall–Kier alpha value is -2.18. The van der Waals surface area contributed by atoms with Gasteiger partial charge in [-0.2, -0.15) is 0 Å². The molecule has 1 heterocycles. The second-order valence-electron chi connectivity index (χ2n) is 6.04. The maximum atomic E-state index is 11.3. The average molecular weight is 316 g/mol. The maximum Gasteiger partial charge on any atom is 0.324 e. The number of hydrogen-bond acceptors (Lipinski definition) is 4. The lowest BCUT2D eigenvalue weighted by Gasteiger charge is -2.27. The molecule has 0 atom stereocenters. The molecule has 23 heavy (non-hydrogen) atoms. The van der Waals surface area contributed by atoms with E-state index in [4.69, 9.17) is 0 Å². The molecular formula is C17H24N4O2. The highest BCUT2D eigenvalue weighted by Crippen LogP contribution is 2.18. The van der Waals surface area contributed by atoms with Crippen LogP contribution in [0.1, 0.15) is 25.8 Å². The molecule has 0 radical (unpaired) electrons. The monoisotopic (exact) mass is 316 g/mol. The summed E-state index contributed by atoms with van der Waals surface area (Å²) in [6.07, 6.45) is 4.74. The minimum Gasteiger partial charge on any atom is -0.311 e. The third-order valence-corrected chi connectivity index (χ3v) is 3.69. The van der Waals surface area contributed by atoms with Crippen LogP contribution in [0, 0.1) is 0 Å². The van der Waals surface area contributed by atoms with Crippen LogP contribution in [-0.2, 0) is 10.3 Å². The molecule has 1 aliphatic rings. The van der Waals surface area contributed by atoms with Gasteiger partial charge in [-0.3, -0.25) is 15.5 Å². The number of carbonyl (C=O) groups is 2. The Bertz CT molecular complexity index is 569. The number of nitrogens with one attached hydrogen (secondary N) is 3. The Labute approximate surface area is 136 Å². The smallest absolute Gasteiger partial charge is 0.311 e. The third kappa shape index (κ3) is 5.19. The topological polar surface area (TPSA) is 73.5 Å². The van der Waals surface area contributed by atoms with Crippen molar-refractivity contribution in [3.63, 3.8) is 0 Å². The fourth-order valence-electron chi connectivity index (χ4n) is 2.32. The van der Waals surface area contributed by atoms with Crippen LogP contribution in [0.5, 0.6) is 0 Å². The molecule has 0 bridgehead atoms. The van der Waals surface area contributed by atoms with Crippen molar-refractivity contribution >= 4 is 11.9 Å². The molecule has 0 aromatic heterocycles. The van der Waals surface area contributed by atoms with Gasteiger partial charge in [0, 0.05) is 13.1 Å². The second kappa shape index (κ2) is 7.89. The Kier molecular flexibility index (Phi) is 5.90. The molecular weight excluding hydrogens is 292 g/mol. The molecule has 3 amide bonds. The number of benzene rings is 1. The highest BCUT2D eigenvalue weighted by atomic mass is 16.2. The summed E-state index contributed by atoms with van der Waals surface area (Å²) in [4.78, 5) is 23.8. The fourth-order valence-corrected chi connectivity index (χ4v) is 2.32. The molecule has 0 aliphatic carbocycles. The number of amides is 3. The summed E-state index contributed by atoms with van der Waals surface area (Å²) in [5, 5.41) is 2.25. The predicted molar refractivity (Wildman–Crippen MR) is 89.5 cm³/mol. The fraction of sp³-hybridized carbons (Fsp3) is 0.412. The van der Waals surface area contributed by atoms with Gasteiger partial charge >= 0.3 is 6.03 Å². The summed E-state index contributed by atoms with van der Waals surface area (Å²) in [5.41, 5.74) is 7.60. The first-order chi connectivity index (χ1) is 11.0. The molecule has 1 aromatic rings. The zero-order valence-corrected chi connectivity index (χ0v) is 13.6. The molecule has 3 N–H and O–H groups in total. The van der Waals surface area contributed by atoms with E-state index >= 15 is 0 Å². The molecule has 1 aromatic carbocycles. The lowest BCUT2D eigenvalue weighted by atomic mass is 9.95. The Balaban J connectivity index is 1.63. The first-order valence-electron chi connectivity index (χ1n) is 7.78. The van der Waals surface area contributed by atoms with Gasteiger partial charge in [-0.25, -0.2) is 10.2 Å². The molecule has 1 aliphatic heterocycles. The van der Waals surface area contributed by atoms with E-state index in [0.717, 1.165) is 13.0 Å². The van der Waals surface area contributed by atoms with E-state index in [2.05, 4.69) is 42.1 Å². The SMILES string of the molecule is CC(C)(NNCC/C=C/CN1CC(=O)NC1=O)c1ccccc1. The summed E-state index contributed by atoms with van der Waals surface area (Å²) in [6.45, 7) is 5.62. The van der Waals surface area contributed by atoms with Gasteiger partial charge in [0.2, 0.25) is 5.91 Å². The highest BCUT2D eigenvalue weighted by Gasteiger charge is 2.25. The van der Waals surface area contributed by atoms with E-state index in [1.54, 1.807) is 0 Å². The molecule has 1 saturated heterocycles. The molecule has 6 nitrogen and oxygen atoms in total. The maximum absolute atomic E-state index is 11.3. The number of rotatable bonds is 8. The van der Waals surface area contributed by atoms with Crippen molar-refractivity contribution in [1.29, 1.82) is 0 Å². The zero-order chi connectivity index (χ0) is 16.7. The van der Waals surface area contributed by atoms with Gasteiger partial charge in [0.05, 0.1) is 5.54 Å². The van der Waals surface area contributed by atoms with Crippen LogP contribution in [0.2, 0.25) is 0 Å². The number of hydrazine groups is 1. The van der Waals surface area contributed by atoms with Crippen LogP contribution in [-0.4, -0.2) is 36.5 Å². The van der Waals surface area contributed by atoms with E-state index in [1.165, 1.54) is 10.5 Å². The molecule has 1 fully saturated rings. The van der Waals surface area contributed by atoms with Crippen LogP contribution >= 0.6 is 0 Å². The minimum absolute atomic E-state index is 0.147. The Morgan fingerprint density at radius 3 is 2.61 bits per heavy atom. The van der Waals surface area contributed by atoms with Gasteiger partial charge in [0.15, 0.2) is 0 Å². The van der Waals surface area contributed by atoms with Gasteiger partial charge in [-0.15, -0.1) is 0 Å². The Morgan fingerprint density at radius 1 is 1.22 bits per heavy atom. The highest BCUT2D eigenvalue weighted by molar-refractivity contribution is 6.01. The van der Waals surface area contributed by atoms with Crippen LogP contribution < -0.4 is 16.2 Å². The van der Waals surface area contributed by atoms with Gasteiger partial charge in [0.1, 0.15) is 6.54 Å². The summed E-state index contributed by atoms with van der Waals surface area (Å²) in [7, 11) is 0. The number of urea groups is 1. The van der Waals surface area contributed by atoms with Gasteiger partial charge < -0.3 is 4.90 Å². The van der Waals surface area contributed by atoms with Crippen molar-refractivity contribution < 1.29 is 9.59 Å². The molecule has 0 saturated carbocycles. The third-order valence-electron chi connectivity index (χ3n) is 3.69. The standard InChI is InChI=1S/C17H24N4O2/c1-17(2,14-9-5-3-6-10-14)20-18-11-7-4-8-12-21-13-15(22)19-16(21)23/h3-6,8-10,18,20H,7,11-13H2,1-2H3,(H,19,22,23)/b8-4+. The van der Waals surface area contributed by atoms with Crippen LogP contribution in [0.4, 0.5) is 4.79 Å². The molecule has 0 unspecified atom stereocenters. The number of nitrogens with zero attached hydrogens (tertiary/aromatic N) is 1.